The molecule has 0 unspecified atom stereocenters. The fraction of sp³-hybridized carbons (Fsp3) is 0.107. The fourth-order valence-corrected chi connectivity index (χ4v) is 5.33. The molecule has 4 aromatic rings. The maximum absolute atomic E-state index is 13.5. The first kappa shape index (κ1) is 26.2. The zero-order chi connectivity index (χ0) is 26.3. The Hall–Kier alpha value is -3.85. The van der Waals surface area contributed by atoms with E-state index in [4.69, 9.17) is 17.0 Å². The second-order valence-corrected chi connectivity index (χ2v) is 10.7. The molecule has 0 saturated carbocycles. The summed E-state index contributed by atoms with van der Waals surface area (Å²) in [6, 6.07) is 25.8. The fourth-order valence-electron chi connectivity index (χ4n) is 3.72. The van der Waals surface area contributed by atoms with Crippen molar-refractivity contribution in [3.8, 4) is 0 Å². The van der Waals surface area contributed by atoms with Gasteiger partial charge in [-0.2, -0.15) is 4.31 Å². The van der Waals surface area contributed by atoms with Crippen molar-refractivity contribution in [1.82, 2.24) is 9.29 Å². The van der Waals surface area contributed by atoms with Gasteiger partial charge in [0.1, 0.15) is 0 Å². The quantitative estimate of drug-likeness (QED) is 0.270. The summed E-state index contributed by atoms with van der Waals surface area (Å²) in [5, 5.41) is 10.8. The van der Waals surface area contributed by atoms with E-state index in [9.17, 15) is 13.2 Å². The number of sulfonamides is 1. The van der Waals surface area contributed by atoms with E-state index in [-0.39, 0.29) is 30.3 Å². The zero-order valence-electron chi connectivity index (χ0n) is 19.8. The number of nitrogens with one attached hydrogen (secondary N) is 2. The lowest BCUT2D eigenvalue weighted by atomic mass is 10.1. The number of benzene rings is 3. The summed E-state index contributed by atoms with van der Waals surface area (Å²) in [6.45, 7) is 0.204. The maximum atomic E-state index is 13.5. The molecule has 0 atom stereocenters. The van der Waals surface area contributed by atoms with Crippen molar-refractivity contribution in [1.29, 1.82) is 5.41 Å². The van der Waals surface area contributed by atoms with Crippen LogP contribution < -0.4 is 5.32 Å². The summed E-state index contributed by atoms with van der Waals surface area (Å²) in [5.41, 5.74) is 3.40. The van der Waals surface area contributed by atoms with E-state index < -0.39 is 10.0 Å². The van der Waals surface area contributed by atoms with E-state index >= 15 is 0 Å². The number of amides is 1. The molecule has 7 nitrogen and oxygen atoms in total. The van der Waals surface area contributed by atoms with Crippen molar-refractivity contribution in [2.24, 2.45) is 0 Å². The maximum Gasteiger partial charge on any atom is 0.243 e. The van der Waals surface area contributed by atoms with E-state index in [2.05, 4.69) is 10.3 Å². The molecule has 0 saturated heterocycles. The topological polar surface area (TPSA) is 103 Å². The molecule has 0 aliphatic heterocycles. The first-order chi connectivity index (χ1) is 17.8. The molecule has 0 bridgehead atoms. The molecule has 0 radical (unpaired) electrons. The van der Waals surface area contributed by atoms with Gasteiger partial charge in [0, 0.05) is 29.7 Å². The Morgan fingerprint density at radius 2 is 1.68 bits per heavy atom. The van der Waals surface area contributed by atoms with Crippen LogP contribution in [-0.4, -0.2) is 29.8 Å². The van der Waals surface area contributed by atoms with E-state index in [1.807, 2.05) is 12.1 Å². The largest absolute Gasteiger partial charge is 0.326 e. The second kappa shape index (κ2) is 11.9. The minimum Gasteiger partial charge on any atom is -0.326 e. The second-order valence-electron chi connectivity index (χ2n) is 8.36. The highest BCUT2D eigenvalue weighted by Crippen LogP contribution is 2.22. The minimum atomic E-state index is -3.85. The first-order valence-electron chi connectivity index (χ1n) is 11.5. The molecule has 0 spiro atoms. The van der Waals surface area contributed by atoms with E-state index in [1.54, 1.807) is 72.9 Å². The standard InChI is InChI=1S/C28H25ClN4O3S/c29-24-5-3-4-23(16-24)17-28(34)32-25-11-7-22(8-12-25)19-33(20-26-6-1-2-15-31-26)37(35,36)27-13-9-21(18-30)10-14-27/h1-16,18,30H,17,19-20H2,(H,32,34). The van der Waals surface area contributed by atoms with E-state index in [0.29, 0.717) is 22.0 Å². The monoisotopic (exact) mass is 532 g/mol. The highest BCUT2D eigenvalue weighted by atomic mass is 35.5. The van der Waals surface area contributed by atoms with Crippen molar-refractivity contribution in [3.63, 3.8) is 0 Å². The molecule has 37 heavy (non-hydrogen) atoms. The average Bonchev–Trinajstić information content (AvgIpc) is 2.90. The molecular formula is C28H25ClN4O3S. The van der Waals surface area contributed by atoms with Crippen LogP contribution in [0.5, 0.6) is 0 Å². The van der Waals surface area contributed by atoms with Gasteiger partial charge in [-0.1, -0.05) is 54.1 Å². The van der Waals surface area contributed by atoms with Crippen LogP contribution in [-0.2, 0) is 34.3 Å². The third-order valence-electron chi connectivity index (χ3n) is 5.60. The summed E-state index contributed by atoms with van der Waals surface area (Å²) in [6.07, 6.45) is 2.98. The SMILES string of the molecule is N=Cc1ccc(S(=O)(=O)N(Cc2ccc(NC(=O)Cc3cccc(Cl)c3)cc2)Cc2ccccn2)cc1. The average molecular weight is 533 g/mol. The lowest BCUT2D eigenvalue weighted by Crippen LogP contribution is -2.30. The lowest BCUT2D eigenvalue weighted by molar-refractivity contribution is -0.115. The molecule has 1 heterocycles. The predicted molar refractivity (Wildman–Crippen MR) is 145 cm³/mol. The van der Waals surface area contributed by atoms with Gasteiger partial charge in [0.15, 0.2) is 0 Å². The van der Waals surface area contributed by atoms with Gasteiger partial charge in [0.25, 0.3) is 0 Å². The van der Waals surface area contributed by atoms with Crippen LogP contribution in [0.4, 0.5) is 5.69 Å². The van der Waals surface area contributed by atoms with Crippen LogP contribution in [0, 0.1) is 5.41 Å². The number of nitrogens with zero attached hydrogens (tertiary/aromatic N) is 2. The Labute approximate surface area is 221 Å². The molecule has 0 aliphatic rings. The van der Waals surface area contributed by atoms with Crippen molar-refractivity contribution < 1.29 is 13.2 Å². The third kappa shape index (κ3) is 7.10. The molecule has 0 fully saturated rings. The number of rotatable bonds is 10. The van der Waals surface area contributed by atoms with Crippen LogP contribution in [0.25, 0.3) is 0 Å². The summed E-state index contributed by atoms with van der Waals surface area (Å²) in [5.74, 6) is -0.178. The third-order valence-corrected chi connectivity index (χ3v) is 7.64. The van der Waals surface area contributed by atoms with Gasteiger partial charge < -0.3 is 10.7 Å². The van der Waals surface area contributed by atoms with Gasteiger partial charge >= 0.3 is 0 Å². The lowest BCUT2D eigenvalue weighted by Gasteiger charge is -2.22. The number of carbonyl (C=O) groups is 1. The molecule has 188 valence electrons. The van der Waals surface area contributed by atoms with Crippen molar-refractivity contribution >= 4 is 39.4 Å². The number of anilines is 1. The molecule has 9 heteroatoms. The Kier molecular flexibility index (Phi) is 8.45. The van der Waals surface area contributed by atoms with Gasteiger partial charge in [-0.3, -0.25) is 9.78 Å². The van der Waals surface area contributed by atoms with Crippen LogP contribution >= 0.6 is 11.6 Å². The van der Waals surface area contributed by atoms with Crippen LogP contribution in [0.1, 0.15) is 22.4 Å². The number of hydrogen-bond donors (Lipinski definition) is 2. The molecule has 1 amide bonds. The Morgan fingerprint density at radius 3 is 2.32 bits per heavy atom. The van der Waals surface area contributed by atoms with Gasteiger partial charge in [-0.25, -0.2) is 8.42 Å². The van der Waals surface area contributed by atoms with Crippen LogP contribution in [0.15, 0.2) is 102 Å². The summed E-state index contributed by atoms with van der Waals surface area (Å²) < 4.78 is 28.4. The summed E-state index contributed by atoms with van der Waals surface area (Å²) in [4.78, 5) is 16.9. The van der Waals surface area contributed by atoms with Crippen LogP contribution in [0.3, 0.4) is 0 Å². The first-order valence-corrected chi connectivity index (χ1v) is 13.3. The van der Waals surface area contributed by atoms with Gasteiger partial charge in [-0.05, 0) is 65.2 Å². The van der Waals surface area contributed by atoms with Crippen LogP contribution in [0.2, 0.25) is 5.02 Å². The number of pyridine rings is 1. The summed E-state index contributed by atoms with van der Waals surface area (Å²) >= 11 is 5.99. The number of aromatic nitrogens is 1. The molecule has 2 N–H and O–H groups in total. The highest BCUT2D eigenvalue weighted by Gasteiger charge is 2.25. The van der Waals surface area contributed by atoms with Crippen molar-refractivity contribution in [2.75, 3.05) is 5.32 Å². The van der Waals surface area contributed by atoms with Gasteiger partial charge in [-0.15, -0.1) is 0 Å². The van der Waals surface area contributed by atoms with Gasteiger partial charge in [0.2, 0.25) is 15.9 Å². The molecule has 3 aromatic carbocycles. The normalized spacial score (nSPS) is 11.3. The van der Waals surface area contributed by atoms with E-state index in [0.717, 1.165) is 17.3 Å². The molecule has 0 aliphatic carbocycles. The van der Waals surface area contributed by atoms with E-state index in [1.165, 1.54) is 16.4 Å². The van der Waals surface area contributed by atoms with Gasteiger partial charge in [0.05, 0.1) is 23.6 Å². The predicted octanol–water partition coefficient (Wildman–Crippen LogP) is 5.30. The molecular weight excluding hydrogens is 508 g/mol. The Bertz CT molecular complexity index is 1480. The zero-order valence-corrected chi connectivity index (χ0v) is 21.4. The highest BCUT2D eigenvalue weighted by molar-refractivity contribution is 7.89. The summed E-state index contributed by atoms with van der Waals surface area (Å²) in [7, 11) is -3.85. The Balaban J connectivity index is 1.50. The molecule has 1 aromatic heterocycles. The number of hydrogen-bond acceptors (Lipinski definition) is 5. The van der Waals surface area contributed by atoms with Crippen molar-refractivity contribution in [2.45, 2.75) is 24.4 Å². The molecule has 4 rings (SSSR count). The number of halogens is 1. The Morgan fingerprint density at radius 1 is 0.919 bits per heavy atom. The smallest absolute Gasteiger partial charge is 0.243 e. The number of carbonyl (C=O) groups excluding carboxylic acids is 1. The minimum absolute atomic E-state index is 0.0909. The van der Waals surface area contributed by atoms with Crippen molar-refractivity contribution in [3.05, 3.63) is 125 Å².